The predicted octanol–water partition coefficient (Wildman–Crippen LogP) is 1.23. The maximum atomic E-state index is 12.0. The Morgan fingerprint density at radius 2 is 1.95 bits per heavy atom. The van der Waals surface area contributed by atoms with E-state index < -0.39 is 23.2 Å². The Bertz CT molecular complexity index is 795. The number of halogens is 1. The molecule has 0 saturated heterocycles. The van der Waals surface area contributed by atoms with Gasteiger partial charge in [-0.15, -0.1) is 0 Å². The van der Waals surface area contributed by atoms with E-state index >= 15 is 0 Å². The number of esters is 1. The molecule has 1 atom stereocenters. The van der Waals surface area contributed by atoms with Crippen molar-refractivity contribution in [2.24, 2.45) is 0 Å². The molecule has 2 aromatic rings. The summed E-state index contributed by atoms with van der Waals surface area (Å²) in [5.74, 6) is -0.577. The number of aromatic nitrogens is 2. The number of fused-ring (bicyclic) bond motifs is 1. The summed E-state index contributed by atoms with van der Waals surface area (Å²) in [6.07, 6.45) is -1.01. The summed E-state index contributed by atoms with van der Waals surface area (Å²) in [7, 11) is 1.36. The highest BCUT2D eigenvalue weighted by Gasteiger charge is 2.25. The average molecular weight is 357 g/mol. The number of carbonyl (C=O) groups excluding carboxylic acids is 1. The molecule has 0 aliphatic rings. The van der Waals surface area contributed by atoms with Crippen molar-refractivity contribution in [3.8, 4) is 0 Å². The summed E-state index contributed by atoms with van der Waals surface area (Å²) >= 11 is 3.29. The van der Waals surface area contributed by atoms with E-state index in [9.17, 15) is 14.4 Å². The van der Waals surface area contributed by atoms with Gasteiger partial charge in [-0.25, -0.2) is 4.79 Å². The zero-order valence-corrected chi connectivity index (χ0v) is 12.9. The lowest BCUT2D eigenvalue weighted by atomic mass is 10.1. The number of H-pyrrole nitrogens is 2. The molecule has 8 heteroatoms. The number of methoxy groups -OCH3 is 1. The highest BCUT2D eigenvalue weighted by Crippen LogP contribution is 2.28. The third kappa shape index (κ3) is 3.06. The number of carbonyl (C=O) groups is 1. The van der Waals surface area contributed by atoms with Crippen molar-refractivity contribution in [3.63, 3.8) is 0 Å². The third-order valence-corrected chi connectivity index (χ3v) is 3.30. The molecule has 0 spiro atoms. The molecule has 7 nitrogen and oxygen atoms in total. The molecule has 112 valence electrons. The minimum atomic E-state index is -1.01. The Labute approximate surface area is 127 Å². The van der Waals surface area contributed by atoms with Gasteiger partial charge in [0, 0.05) is 17.1 Å². The number of rotatable bonds is 4. The van der Waals surface area contributed by atoms with Crippen LogP contribution in [-0.2, 0) is 14.3 Å². The van der Waals surface area contributed by atoms with Gasteiger partial charge in [0.05, 0.1) is 17.6 Å². The van der Waals surface area contributed by atoms with Crippen LogP contribution in [0.5, 0.6) is 0 Å². The first kappa shape index (κ1) is 15.5. The fourth-order valence-corrected chi connectivity index (χ4v) is 2.47. The average Bonchev–Trinajstić information content (AvgIpc) is 2.42. The van der Waals surface area contributed by atoms with Crippen LogP contribution in [0.25, 0.3) is 11.0 Å². The number of hydrogen-bond acceptors (Lipinski definition) is 5. The number of hydrogen-bond donors (Lipinski definition) is 2. The van der Waals surface area contributed by atoms with Gasteiger partial charge in [0.2, 0.25) is 0 Å². The highest BCUT2D eigenvalue weighted by atomic mass is 79.9. The Hall–Kier alpha value is -1.93. The van der Waals surface area contributed by atoms with Crippen LogP contribution < -0.4 is 11.1 Å². The quantitative estimate of drug-likeness (QED) is 0.633. The van der Waals surface area contributed by atoms with E-state index in [2.05, 4.69) is 25.9 Å². The summed E-state index contributed by atoms with van der Waals surface area (Å²) in [6.45, 7) is 1.89. The lowest BCUT2D eigenvalue weighted by molar-refractivity contribution is -0.155. The van der Waals surface area contributed by atoms with Gasteiger partial charge in [-0.2, -0.15) is 0 Å². The van der Waals surface area contributed by atoms with Crippen LogP contribution in [-0.4, -0.2) is 29.7 Å². The maximum absolute atomic E-state index is 12.0. The molecule has 1 aromatic carbocycles. The summed E-state index contributed by atoms with van der Waals surface area (Å²) in [5.41, 5.74) is -0.465. The molecule has 0 amide bonds. The van der Waals surface area contributed by atoms with E-state index in [1.54, 1.807) is 19.1 Å². The molecular weight excluding hydrogens is 344 g/mol. The van der Waals surface area contributed by atoms with Gasteiger partial charge in [-0.1, -0.05) is 15.9 Å². The number of aromatic amines is 2. The van der Waals surface area contributed by atoms with E-state index in [-0.39, 0.29) is 6.61 Å². The zero-order chi connectivity index (χ0) is 15.6. The van der Waals surface area contributed by atoms with Crippen LogP contribution in [0.1, 0.15) is 18.6 Å². The SMILES string of the molecule is CCOC(=O)C(OC)c1cc(Br)cc2[nH]c(=O)c(=O)[nH]c12. The highest BCUT2D eigenvalue weighted by molar-refractivity contribution is 9.10. The zero-order valence-electron chi connectivity index (χ0n) is 11.4. The van der Waals surface area contributed by atoms with Crippen molar-refractivity contribution in [3.05, 3.63) is 42.9 Å². The smallest absolute Gasteiger partial charge is 0.339 e. The van der Waals surface area contributed by atoms with E-state index in [1.165, 1.54) is 7.11 Å². The molecular formula is C13H13BrN2O5. The molecule has 2 N–H and O–H groups in total. The molecule has 0 aliphatic carbocycles. The van der Waals surface area contributed by atoms with Crippen molar-refractivity contribution < 1.29 is 14.3 Å². The van der Waals surface area contributed by atoms with Gasteiger partial charge in [-0.05, 0) is 19.1 Å². The van der Waals surface area contributed by atoms with Gasteiger partial charge in [0.15, 0.2) is 6.10 Å². The molecule has 2 rings (SSSR count). The van der Waals surface area contributed by atoms with Gasteiger partial charge in [0.1, 0.15) is 0 Å². The molecule has 0 fully saturated rings. The minimum Gasteiger partial charge on any atom is -0.464 e. The Kier molecular flexibility index (Phi) is 4.59. The van der Waals surface area contributed by atoms with Gasteiger partial charge >= 0.3 is 17.1 Å². The normalized spacial score (nSPS) is 12.3. The molecule has 21 heavy (non-hydrogen) atoms. The van der Waals surface area contributed by atoms with Gasteiger partial charge < -0.3 is 19.4 Å². The van der Waals surface area contributed by atoms with Crippen LogP contribution in [0.2, 0.25) is 0 Å². The van der Waals surface area contributed by atoms with Crippen LogP contribution in [0.3, 0.4) is 0 Å². The second kappa shape index (κ2) is 6.23. The molecule has 0 bridgehead atoms. The minimum absolute atomic E-state index is 0.206. The Morgan fingerprint density at radius 1 is 1.29 bits per heavy atom. The largest absolute Gasteiger partial charge is 0.464 e. The summed E-state index contributed by atoms with van der Waals surface area (Å²) in [4.78, 5) is 39.8. The van der Waals surface area contributed by atoms with Crippen molar-refractivity contribution in [1.29, 1.82) is 0 Å². The number of benzene rings is 1. The van der Waals surface area contributed by atoms with Crippen LogP contribution in [0.4, 0.5) is 0 Å². The van der Waals surface area contributed by atoms with E-state index in [1.807, 2.05) is 0 Å². The second-order valence-electron chi connectivity index (χ2n) is 4.19. The van der Waals surface area contributed by atoms with E-state index in [0.29, 0.717) is 21.1 Å². The molecule has 1 unspecified atom stereocenters. The van der Waals surface area contributed by atoms with Crippen LogP contribution >= 0.6 is 15.9 Å². The first-order chi connectivity index (χ1) is 9.97. The topological polar surface area (TPSA) is 101 Å². The van der Waals surface area contributed by atoms with Crippen LogP contribution in [0.15, 0.2) is 26.2 Å². The van der Waals surface area contributed by atoms with Crippen molar-refractivity contribution >= 4 is 32.9 Å². The van der Waals surface area contributed by atoms with Gasteiger partial charge in [0.25, 0.3) is 0 Å². The first-order valence-corrected chi connectivity index (χ1v) is 6.92. The Balaban J connectivity index is 2.72. The fourth-order valence-electron chi connectivity index (χ4n) is 1.99. The van der Waals surface area contributed by atoms with Crippen molar-refractivity contribution in [2.75, 3.05) is 13.7 Å². The van der Waals surface area contributed by atoms with Crippen molar-refractivity contribution in [2.45, 2.75) is 13.0 Å². The monoisotopic (exact) mass is 356 g/mol. The van der Waals surface area contributed by atoms with E-state index in [4.69, 9.17) is 9.47 Å². The summed E-state index contributed by atoms with van der Waals surface area (Å²) < 4.78 is 10.7. The molecule has 1 heterocycles. The van der Waals surface area contributed by atoms with Crippen LogP contribution in [0, 0.1) is 0 Å². The molecule has 0 radical (unpaired) electrons. The first-order valence-electron chi connectivity index (χ1n) is 6.13. The summed E-state index contributed by atoms with van der Waals surface area (Å²) in [5, 5.41) is 0. The number of nitrogens with one attached hydrogen (secondary N) is 2. The molecule has 0 aliphatic heterocycles. The Morgan fingerprint density at radius 3 is 2.57 bits per heavy atom. The predicted molar refractivity (Wildman–Crippen MR) is 79.3 cm³/mol. The maximum Gasteiger partial charge on any atom is 0.339 e. The standard InChI is InChI=1S/C13H13BrN2O5/c1-3-21-13(19)10(20-2)7-4-6(14)5-8-9(7)16-12(18)11(17)15-8/h4-5,10H,3H2,1-2H3,(H,15,17)(H,16,18). The molecule has 0 saturated carbocycles. The number of ether oxygens (including phenoxy) is 2. The third-order valence-electron chi connectivity index (χ3n) is 2.85. The lowest BCUT2D eigenvalue weighted by Gasteiger charge is -2.16. The van der Waals surface area contributed by atoms with Gasteiger partial charge in [-0.3, -0.25) is 9.59 Å². The second-order valence-corrected chi connectivity index (χ2v) is 5.11. The summed E-state index contributed by atoms with van der Waals surface area (Å²) in [6, 6.07) is 3.25. The van der Waals surface area contributed by atoms with Crippen molar-refractivity contribution in [1.82, 2.24) is 9.97 Å². The lowest BCUT2D eigenvalue weighted by Crippen LogP contribution is -2.30. The van der Waals surface area contributed by atoms with E-state index in [0.717, 1.165) is 0 Å². The molecule has 1 aromatic heterocycles. The fraction of sp³-hybridized carbons (Fsp3) is 0.308.